The highest BCUT2D eigenvalue weighted by atomic mass is 19.1. The van der Waals surface area contributed by atoms with Gasteiger partial charge in [0.1, 0.15) is 11.6 Å². The molecule has 1 fully saturated rings. The van der Waals surface area contributed by atoms with Crippen molar-refractivity contribution in [1.82, 2.24) is 10.2 Å². The summed E-state index contributed by atoms with van der Waals surface area (Å²) in [6.07, 6.45) is 1.78. The molecule has 6 heteroatoms. The van der Waals surface area contributed by atoms with Gasteiger partial charge in [-0.15, -0.1) is 0 Å². The van der Waals surface area contributed by atoms with Crippen LogP contribution in [0.1, 0.15) is 24.0 Å². The standard InChI is InChI=1S/C23H30FN3O2/c1-25-22(27(2)16-18-6-4-5-7-21(18)28-3)26-17-23(12-14-29-15-13-23)19-8-10-20(24)11-9-19/h4-11H,12-17H2,1-3H3,(H,25,26). The number of guanidine groups is 1. The minimum atomic E-state index is -0.212. The van der Waals surface area contributed by atoms with E-state index in [1.807, 2.05) is 37.4 Å². The second kappa shape index (κ2) is 9.74. The molecule has 0 saturated carbocycles. The van der Waals surface area contributed by atoms with Crippen molar-refractivity contribution in [2.24, 2.45) is 4.99 Å². The number of hydrogen-bond donors (Lipinski definition) is 1. The van der Waals surface area contributed by atoms with E-state index in [1.54, 1.807) is 14.2 Å². The molecule has 2 aromatic carbocycles. The van der Waals surface area contributed by atoms with Gasteiger partial charge in [-0.1, -0.05) is 30.3 Å². The van der Waals surface area contributed by atoms with Crippen molar-refractivity contribution in [2.45, 2.75) is 24.8 Å². The fraction of sp³-hybridized carbons (Fsp3) is 0.435. The SMILES string of the molecule is CN=C(NCC1(c2ccc(F)cc2)CCOCC1)N(C)Cc1ccccc1OC. The Kier molecular flexibility index (Phi) is 7.09. The van der Waals surface area contributed by atoms with Crippen LogP contribution in [0, 0.1) is 5.82 Å². The molecule has 0 aromatic heterocycles. The van der Waals surface area contributed by atoms with Crippen LogP contribution < -0.4 is 10.1 Å². The molecule has 0 unspecified atom stereocenters. The Bertz CT molecular complexity index is 817. The molecule has 3 rings (SSSR count). The maximum absolute atomic E-state index is 13.4. The van der Waals surface area contributed by atoms with E-state index in [1.165, 1.54) is 12.1 Å². The van der Waals surface area contributed by atoms with Gasteiger partial charge in [0.2, 0.25) is 0 Å². The molecular weight excluding hydrogens is 369 g/mol. The van der Waals surface area contributed by atoms with Crippen LogP contribution in [0.2, 0.25) is 0 Å². The van der Waals surface area contributed by atoms with E-state index < -0.39 is 0 Å². The Balaban J connectivity index is 1.72. The topological polar surface area (TPSA) is 46.1 Å². The minimum Gasteiger partial charge on any atom is -0.496 e. The van der Waals surface area contributed by atoms with E-state index >= 15 is 0 Å². The Morgan fingerprint density at radius 3 is 2.52 bits per heavy atom. The summed E-state index contributed by atoms with van der Waals surface area (Å²) in [6, 6.07) is 14.9. The van der Waals surface area contributed by atoms with Crippen LogP contribution in [0.15, 0.2) is 53.5 Å². The maximum Gasteiger partial charge on any atom is 0.193 e. The Hall–Kier alpha value is -2.60. The van der Waals surface area contributed by atoms with Crippen molar-refractivity contribution in [1.29, 1.82) is 0 Å². The molecule has 1 aliphatic heterocycles. The number of halogens is 1. The number of hydrogen-bond acceptors (Lipinski definition) is 3. The van der Waals surface area contributed by atoms with E-state index in [-0.39, 0.29) is 11.2 Å². The summed E-state index contributed by atoms with van der Waals surface area (Å²) in [5.74, 6) is 1.46. The lowest BCUT2D eigenvalue weighted by molar-refractivity contribution is 0.0512. The zero-order valence-corrected chi connectivity index (χ0v) is 17.5. The highest BCUT2D eigenvalue weighted by molar-refractivity contribution is 5.79. The largest absolute Gasteiger partial charge is 0.496 e. The van der Waals surface area contributed by atoms with E-state index in [4.69, 9.17) is 9.47 Å². The fourth-order valence-electron chi connectivity index (χ4n) is 3.93. The van der Waals surface area contributed by atoms with Gasteiger partial charge < -0.3 is 19.7 Å². The lowest BCUT2D eigenvalue weighted by atomic mass is 9.74. The summed E-state index contributed by atoms with van der Waals surface area (Å²) in [5.41, 5.74) is 2.13. The first-order valence-corrected chi connectivity index (χ1v) is 9.95. The quantitative estimate of drug-likeness (QED) is 0.596. The molecule has 0 radical (unpaired) electrons. The molecule has 0 bridgehead atoms. The van der Waals surface area contributed by atoms with Crippen molar-refractivity contribution >= 4 is 5.96 Å². The predicted octanol–water partition coefficient (Wildman–Crippen LogP) is 3.59. The molecule has 0 atom stereocenters. The minimum absolute atomic E-state index is 0.104. The molecule has 0 aliphatic carbocycles. The van der Waals surface area contributed by atoms with Crippen LogP contribution in [-0.2, 0) is 16.7 Å². The summed E-state index contributed by atoms with van der Waals surface area (Å²) in [7, 11) is 5.48. The van der Waals surface area contributed by atoms with Gasteiger partial charge in [0.25, 0.3) is 0 Å². The zero-order valence-electron chi connectivity index (χ0n) is 17.5. The maximum atomic E-state index is 13.4. The van der Waals surface area contributed by atoms with E-state index in [2.05, 4.69) is 21.3 Å². The van der Waals surface area contributed by atoms with Gasteiger partial charge in [-0.2, -0.15) is 0 Å². The molecule has 5 nitrogen and oxygen atoms in total. The number of nitrogens with zero attached hydrogens (tertiary/aromatic N) is 2. The van der Waals surface area contributed by atoms with Gasteiger partial charge in [-0.3, -0.25) is 4.99 Å². The third kappa shape index (κ3) is 5.07. The third-order valence-corrected chi connectivity index (χ3v) is 5.66. The summed E-state index contributed by atoms with van der Waals surface area (Å²) in [5, 5.41) is 3.54. The number of nitrogens with one attached hydrogen (secondary N) is 1. The predicted molar refractivity (Wildman–Crippen MR) is 114 cm³/mol. The lowest BCUT2D eigenvalue weighted by Crippen LogP contribution is -2.48. The Morgan fingerprint density at radius 1 is 1.17 bits per heavy atom. The number of ether oxygens (including phenoxy) is 2. The van der Waals surface area contributed by atoms with E-state index in [9.17, 15) is 4.39 Å². The van der Waals surface area contributed by atoms with Gasteiger partial charge in [-0.05, 0) is 36.6 Å². The number of methoxy groups -OCH3 is 1. The summed E-state index contributed by atoms with van der Waals surface area (Å²) < 4.78 is 24.5. The molecule has 0 amide bonds. The average Bonchev–Trinajstić information content (AvgIpc) is 2.75. The first-order chi connectivity index (χ1) is 14.1. The Labute approximate surface area is 172 Å². The molecular formula is C23H30FN3O2. The second-order valence-corrected chi connectivity index (χ2v) is 7.47. The van der Waals surface area contributed by atoms with Gasteiger partial charge >= 0.3 is 0 Å². The molecule has 29 heavy (non-hydrogen) atoms. The van der Waals surface area contributed by atoms with Crippen molar-refractivity contribution in [3.05, 3.63) is 65.5 Å². The van der Waals surface area contributed by atoms with Crippen LogP contribution in [-0.4, -0.2) is 51.8 Å². The van der Waals surface area contributed by atoms with Gasteiger partial charge in [0.05, 0.1) is 7.11 Å². The fourth-order valence-corrected chi connectivity index (χ4v) is 3.93. The van der Waals surface area contributed by atoms with Crippen LogP contribution >= 0.6 is 0 Å². The van der Waals surface area contributed by atoms with Crippen LogP contribution in [0.3, 0.4) is 0 Å². The first-order valence-electron chi connectivity index (χ1n) is 9.95. The van der Waals surface area contributed by atoms with Gasteiger partial charge in [0.15, 0.2) is 5.96 Å². The third-order valence-electron chi connectivity index (χ3n) is 5.66. The number of benzene rings is 2. The lowest BCUT2D eigenvalue weighted by Gasteiger charge is -2.39. The molecule has 2 aromatic rings. The van der Waals surface area contributed by atoms with Crippen molar-refractivity contribution < 1.29 is 13.9 Å². The molecule has 156 valence electrons. The normalized spacial score (nSPS) is 16.3. The van der Waals surface area contributed by atoms with Crippen molar-refractivity contribution in [2.75, 3.05) is 41.0 Å². The molecule has 1 aliphatic rings. The highest BCUT2D eigenvalue weighted by Crippen LogP contribution is 2.34. The number of para-hydroxylation sites is 1. The van der Waals surface area contributed by atoms with Gasteiger partial charge in [-0.25, -0.2) is 4.39 Å². The summed E-state index contributed by atoms with van der Waals surface area (Å²) >= 11 is 0. The summed E-state index contributed by atoms with van der Waals surface area (Å²) in [4.78, 5) is 6.54. The Morgan fingerprint density at radius 2 is 1.86 bits per heavy atom. The smallest absolute Gasteiger partial charge is 0.193 e. The molecule has 0 spiro atoms. The first kappa shape index (κ1) is 21.1. The van der Waals surface area contributed by atoms with Crippen LogP contribution in [0.25, 0.3) is 0 Å². The van der Waals surface area contributed by atoms with Crippen LogP contribution in [0.4, 0.5) is 4.39 Å². The van der Waals surface area contributed by atoms with Crippen LogP contribution in [0.5, 0.6) is 5.75 Å². The van der Waals surface area contributed by atoms with E-state index in [0.717, 1.165) is 35.7 Å². The van der Waals surface area contributed by atoms with Crippen molar-refractivity contribution in [3.63, 3.8) is 0 Å². The average molecular weight is 400 g/mol. The zero-order chi connectivity index (χ0) is 20.7. The molecule has 1 saturated heterocycles. The summed E-state index contributed by atoms with van der Waals surface area (Å²) in [6.45, 7) is 2.80. The molecule has 1 heterocycles. The highest BCUT2D eigenvalue weighted by Gasteiger charge is 2.35. The number of rotatable bonds is 6. The number of aliphatic imine (C=N–C) groups is 1. The van der Waals surface area contributed by atoms with Gasteiger partial charge in [0, 0.05) is 51.4 Å². The monoisotopic (exact) mass is 399 g/mol. The van der Waals surface area contributed by atoms with Crippen molar-refractivity contribution in [3.8, 4) is 5.75 Å². The molecule has 1 N–H and O–H groups in total. The van der Waals surface area contributed by atoms with E-state index in [0.29, 0.717) is 26.3 Å². The second-order valence-electron chi connectivity index (χ2n) is 7.47.